The van der Waals surface area contributed by atoms with E-state index < -0.39 is 24.5 Å². The van der Waals surface area contributed by atoms with E-state index >= 15 is 0 Å². The second-order valence-corrected chi connectivity index (χ2v) is 4.73. The summed E-state index contributed by atoms with van der Waals surface area (Å²) in [4.78, 5) is 12.0. The van der Waals surface area contributed by atoms with Crippen LogP contribution in [0.4, 0.5) is 13.2 Å². The molecular weight excluding hydrogens is 279 g/mol. The van der Waals surface area contributed by atoms with Crippen molar-refractivity contribution in [2.24, 2.45) is 0 Å². The molecule has 0 saturated carbocycles. The smallest absolute Gasteiger partial charge is 0.384 e. The Morgan fingerprint density at radius 2 is 2.26 bits per heavy atom. The lowest BCUT2D eigenvalue weighted by molar-refractivity contribution is -0.138. The van der Waals surface area contributed by atoms with E-state index in [0.717, 1.165) is 11.3 Å². The minimum atomic E-state index is -4.32. The molecule has 1 amide bonds. The molecule has 3 nitrogen and oxygen atoms in total. The van der Waals surface area contributed by atoms with Gasteiger partial charge in [0, 0.05) is 11.6 Å². The lowest BCUT2D eigenvalue weighted by atomic mass is 10.2. The van der Waals surface area contributed by atoms with E-state index in [2.05, 4.69) is 17.2 Å². The van der Waals surface area contributed by atoms with E-state index in [1.165, 1.54) is 6.92 Å². The molecule has 0 aromatic carbocycles. The van der Waals surface area contributed by atoms with Crippen molar-refractivity contribution in [3.63, 3.8) is 0 Å². The number of hydrogen-bond donors (Lipinski definition) is 2. The molecule has 0 bridgehead atoms. The number of alkyl halides is 3. The van der Waals surface area contributed by atoms with Crippen LogP contribution in [-0.2, 0) is 0 Å². The third-order valence-corrected chi connectivity index (χ3v) is 3.00. The molecule has 1 aromatic heterocycles. The molecule has 7 heteroatoms. The molecule has 0 radical (unpaired) electrons. The van der Waals surface area contributed by atoms with Gasteiger partial charge in [0.25, 0.3) is 5.91 Å². The number of hydrogen-bond acceptors (Lipinski definition) is 3. The summed E-state index contributed by atoms with van der Waals surface area (Å²) in [5, 5.41) is 12.5. The van der Waals surface area contributed by atoms with Crippen LogP contribution in [0.2, 0.25) is 0 Å². The average Bonchev–Trinajstić information content (AvgIpc) is 2.71. The summed E-state index contributed by atoms with van der Waals surface area (Å²) in [5.74, 6) is 4.37. The maximum absolute atomic E-state index is 12.1. The first-order valence-corrected chi connectivity index (χ1v) is 6.26. The van der Waals surface area contributed by atoms with Gasteiger partial charge in [-0.05, 0) is 18.4 Å². The van der Waals surface area contributed by atoms with Crippen LogP contribution in [0.5, 0.6) is 0 Å². The molecule has 0 aliphatic heterocycles. The zero-order chi connectivity index (χ0) is 14.5. The summed E-state index contributed by atoms with van der Waals surface area (Å²) < 4.78 is 36.4. The second-order valence-electron chi connectivity index (χ2n) is 3.82. The summed E-state index contributed by atoms with van der Waals surface area (Å²) in [6.45, 7) is 0.944. The predicted octanol–water partition coefficient (Wildman–Crippen LogP) is 2.16. The summed E-state index contributed by atoms with van der Waals surface area (Å²) >= 11 is 1.09. The number of carbonyl (C=O) groups is 1. The van der Waals surface area contributed by atoms with Crippen molar-refractivity contribution < 1.29 is 23.1 Å². The number of rotatable bonds is 3. The molecule has 0 spiro atoms. The Bertz CT molecular complexity index is 499. The Kier molecular flexibility index (Phi) is 5.39. The van der Waals surface area contributed by atoms with E-state index in [-0.39, 0.29) is 11.5 Å². The van der Waals surface area contributed by atoms with Crippen LogP contribution in [0, 0.1) is 11.8 Å². The van der Waals surface area contributed by atoms with Crippen LogP contribution in [0.1, 0.15) is 28.6 Å². The molecule has 0 saturated heterocycles. The highest BCUT2D eigenvalue weighted by molar-refractivity contribution is 7.12. The zero-order valence-corrected chi connectivity index (χ0v) is 10.9. The minimum absolute atomic E-state index is 0.245. The van der Waals surface area contributed by atoms with E-state index in [4.69, 9.17) is 5.11 Å². The normalized spacial score (nSPS) is 12.5. The number of nitrogens with one attached hydrogen (secondary N) is 1. The first-order chi connectivity index (χ1) is 8.83. The van der Waals surface area contributed by atoms with Gasteiger partial charge in [-0.25, -0.2) is 0 Å². The Labute approximate surface area is 112 Å². The third-order valence-electron chi connectivity index (χ3n) is 2.09. The average molecular weight is 291 g/mol. The molecule has 2 N–H and O–H groups in total. The number of amides is 1. The van der Waals surface area contributed by atoms with Gasteiger partial charge in [0.15, 0.2) is 0 Å². The standard InChI is InChI=1S/C12H12F3NO2S/c1-8(7-12(13,14)15)16-11(18)10-9(3-2-5-17)4-6-19-10/h4,6,8,17H,5,7H2,1H3,(H,16,18). The Morgan fingerprint density at radius 1 is 1.58 bits per heavy atom. The molecule has 1 rings (SSSR count). The first kappa shape index (κ1) is 15.5. The first-order valence-electron chi connectivity index (χ1n) is 5.38. The highest BCUT2D eigenvalue weighted by Crippen LogP contribution is 2.22. The molecule has 0 aliphatic rings. The Hall–Kier alpha value is -1.52. The van der Waals surface area contributed by atoms with Crippen LogP contribution in [0.25, 0.3) is 0 Å². The van der Waals surface area contributed by atoms with Crippen molar-refractivity contribution in [2.45, 2.75) is 25.6 Å². The lowest BCUT2D eigenvalue weighted by Crippen LogP contribution is -2.35. The Balaban J connectivity index is 2.71. The molecule has 0 aliphatic carbocycles. The Morgan fingerprint density at radius 3 is 2.84 bits per heavy atom. The maximum atomic E-state index is 12.1. The van der Waals surface area contributed by atoms with Crippen molar-refractivity contribution in [1.82, 2.24) is 5.32 Å². The van der Waals surface area contributed by atoms with Gasteiger partial charge in [-0.2, -0.15) is 13.2 Å². The molecule has 19 heavy (non-hydrogen) atoms. The van der Waals surface area contributed by atoms with E-state index in [0.29, 0.717) is 5.56 Å². The second kappa shape index (κ2) is 6.59. The van der Waals surface area contributed by atoms with Crippen molar-refractivity contribution >= 4 is 17.2 Å². The maximum Gasteiger partial charge on any atom is 0.391 e. The van der Waals surface area contributed by atoms with Crippen molar-refractivity contribution in [3.05, 3.63) is 21.9 Å². The molecule has 1 atom stereocenters. The summed E-state index contributed by atoms with van der Waals surface area (Å²) in [6, 6.07) is 0.574. The number of carbonyl (C=O) groups excluding carboxylic acids is 1. The van der Waals surface area contributed by atoms with Crippen LogP contribution < -0.4 is 5.32 Å². The van der Waals surface area contributed by atoms with Gasteiger partial charge in [-0.3, -0.25) is 4.79 Å². The monoisotopic (exact) mass is 291 g/mol. The number of aliphatic hydroxyl groups is 1. The van der Waals surface area contributed by atoms with Crippen molar-refractivity contribution in [1.29, 1.82) is 0 Å². The molecule has 1 aromatic rings. The molecule has 104 valence electrons. The number of thiophene rings is 1. The van der Waals surface area contributed by atoms with E-state index in [9.17, 15) is 18.0 Å². The minimum Gasteiger partial charge on any atom is -0.384 e. The van der Waals surface area contributed by atoms with E-state index in [1.807, 2.05) is 0 Å². The third kappa shape index (κ3) is 5.32. The van der Waals surface area contributed by atoms with Crippen LogP contribution >= 0.6 is 11.3 Å². The quantitative estimate of drug-likeness (QED) is 0.839. The molecule has 1 unspecified atom stereocenters. The number of aliphatic hydroxyl groups excluding tert-OH is 1. The molecular formula is C12H12F3NO2S. The van der Waals surface area contributed by atoms with Gasteiger partial charge in [-0.15, -0.1) is 11.3 Å². The van der Waals surface area contributed by atoms with E-state index in [1.54, 1.807) is 11.4 Å². The SMILES string of the molecule is CC(CC(F)(F)F)NC(=O)c1sccc1C#CCO. The summed E-state index contributed by atoms with van der Waals surface area (Å²) in [7, 11) is 0. The zero-order valence-electron chi connectivity index (χ0n) is 10.0. The van der Waals surface area contributed by atoms with Gasteiger partial charge in [0.05, 0.1) is 6.42 Å². The van der Waals surface area contributed by atoms with Gasteiger partial charge in [0.2, 0.25) is 0 Å². The van der Waals surface area contributed by atoms with Gasteiger partial charge < -0.3 is 10.4 Å². The topological polar surface area (TPSA) is 49.3 Å². The van der Waals surface area contributed by atoms with Crippen LogP contribution in [0.3, 0.4) is 0 Å². The predicted molar refractivity (Wildman–Crippen MR) is 65.9 cm³/mol. The largest absolute Gasteiger partial charge is 0.391 e. The fourth-order valence-corrected chi connectivity index (χ4v) is 2.16. The van der Waals surface area contributed by atoms with Gasteiger partial charge in [0.1, 0.15) is 11.5 Å². The highest BCUT2D eigenvalue weighted by Gasteiger charge is 2.30. The highest BCUT2D eigenvalue weighted by atomic mass is 32.1. The summed E-state index contributed by atoms with van der Waals surface area (Å²) in [6.07, 6.45) is -5.40. The molecule has 1 heterocycles. The van der Waals surface area contributed by atoms with Crippen LogP contribution in [0.15, 0.2) is 11.4 Å². The van der Waals surface area contributed by atoms with Crippen molar-refractivity contribution in [3.8, 4) is 11.8 Å². The fraction of sp³-hybridized carbons (Fsp3) is 0.417. The van der Waals surface area contributed by atoms with Gasteiger partial charge in [-0.1, -0.05) is 11.8 Å². The molecule has 0 fully saturated rings. The lowest BCUT2D eigenvalue weighted by Gasteiger charge is -2.15. The summed E-state index contributed by atoms with van der Waals surface area (Å²) in [5.41, 5.74) is 0.399. The number of halogens is 3. The fourth-order valence-electron chi connectivity index (χ4n) is 1.41. The van der Waals surface area contributed by atoms with Gasteiger partial charge >= 0.3 is 6.18 Å². The van der Waals surface area contributed by atoms with Crippen LogP contribution in [-0.4, -0.2) is 29.8 Å². The van der Waals surface area contributed by atoms with Crippen molar-refractivity contribution in [2.75, 3.05) is 6.61 Å².